The molecule has 2 aromatic rings. The van der Waals surface area contributed by atoms with Crippen molar-refractivity contribution in [3.05, 3.63) is 72.4 Å². The maximum atomic E-state index is 9.03. The van der Waals surface area contributed by atoms with Crippen LogP contribution in [0, 0.1) is 11.3 Å². The van der Waals surface area contributed by atoms with Crippen LogP contribution in [0.4, 0.5) is 11.4 Å². The standard InChI is InChI=1S/C16H13N3/c17-11-14(12-18-15-7-3-1-4-8-15)13-19-16-9-5-2-6-10-16/h1-10,12-13,18H/b14-12+,19-13+. The second kappa shape index (κ2) is 6.77. The van der Waals surface area contributed by atoms with E-state index in [-0.39, 0.29) is 0 Å². The van der Waals surface area contributed by atoms with Gasteiger partial charge in [0.15, 0.2) is 0 Å². The third-order valence-corrected chi connectivity index (χ3v) is 2.41. The first-order valence-electron chi connectivity index (χ1n) is 5.89. The van der Waals surface area contributed by atoms with Crippen molar-refractivity contribution in [1.29, 1.82) is 5.26 Å². The molecule has 0 aliphatic heterocycles. The highest BCUT2D eigenvalue weighted by molar-refractivity contribution is 5.86. The van der Waals surface area contributed by atoms with Crippen LogP contribution in [0.15, 0.2) is 77.4 Å². The van der Waals surface area contributed by atoms with Gasteiger partial charge in [-0.1, -0.05) is 36.4 Å². The second-order valence-corrected chi connectivity index (χ2v) is 3.82. The fraction of sp³-hybridized carbons (Fsp3) is 0. The molecule has 0 saturated carbocycles. The van der Waals surface area contributed by atoms with Crippen molar-refractivity contribution in [2.24, 2.45) is 4.99 Å². The van der Waals surface area contributed by atoms with Crippen LogP contribution in [-0.2, 0) is 0 Å². The second-order valence-electron chi connectivity index (χ2n) is 3.82. The lowest BCUT2D eigenvalue weighted by atomic mass is 10.3. The Morgan fingerprint density at radius 1 is 1.00 bits per heavy atom. The molecule has 0 saturated heterocycles. The molecule has 0 bridgehead atoms. The van der Waals surface area contributed by atoms with Gasteiger partial charge in [-0.05, 0) is 24.3 Å². The monoisotopic (exact) mass is 247 g/mol. The summed E-state index contributed by atoms with van der Waals surface area (Å²) in [4.78, 5) is 4.23. The average molecular weight is 247 g/mol. The lowest BCUT2D eigenvalue weighted by Gasteiger charge is -1.99. The van der Waals surface area contributed by atoms with Gasteiger partial charge in [-0.3, -0.25) is 4.99 Å². The van der Waals surface area contributed by atoms with Crippen molar-refractivity contribution in [3.63, 3.8) is 0 Å². The zero-order valence-electron chi connectivity index (χ0n) is 10.3. The molecule has 0 aromatic heterocycles. The van der Waals surface area contributed by atoms with E-state index in [2.05, 4.69) is 16.4 Å². The summed E-state index contributed by atoms with van der Waals surface area (Å²) in [6.45, 7) is 0. The maximum Gasteiger partial charge on any atom is 0.102 e. The fourth-order valence-corrected chi connectivity index (χ4v) is 1.45. The number of para-hydroxylation sites is 2. The number of aliphatic imine (C=N–C) groups is 1. The van der Waals surface area contributed by atoms with Gasteiger partial charge in [-0.15, -0.1) is 0 Å². The number of hydrogen-bond donors (Lipinski definition) is 1. The van der Waals surface area contributed by atoms with Crippen LogP contribution in [0.3, 0.4) is 0 Å². The van der Waals surface area contributed by atoms with Gasteiger partial charge >= 0.3 is 0 Å². The molecule has 3 nitrogen and oxygen atoms in total. The van der Waals surface area contributed by atoms with E-state index in [1.807, 2.05) is 60.7 Å². The van der Waals surface area contributed by atoms with Crippen molar-refractivity contribution >= 4 is 17.6 Å². The number of nitriles is 1. The number of allylic oxidation sites excluding steroid dienone is 1. The minimum atomic E-state index is 0.465. The summed E-state index contributed by atoms with van der Waals surface area (Å²) in [5.74, 6) is 0. The van der Waals surface area contributed by atoms with Gasteiger partial charge in [0.2, 0.25) is 0 Å². The smallest absolute Gasteiger partial charge is 0.102 e. The summed E-state index contributed by atoms with van der Waals surface area (Å²) >= 11 is 0. The normalized spacial score (nSPS) is 11.2. The highest BCUT2D eigenvalue weighted by atomic mass is 14.8. The van der Waals surface area contributed by atoms with Crippen LogP contribution >= 0.6 is 0 Å². The molecule has 0 aliphatic rings. The van der Waals surface area contributed by atoms with Crippen molar-refractivity contribution in [2.75, 3.05) is 5.32 Å². The maximum absolute atomic E-state index is 9.03. The van der Waals surface area contributed by atoms with E-state index in [0.717, 1.165) is 11.4 Å². The molecule has 0 radical (unpaired) electrons. The zero-order chi connectivity index (χ0) is 13.3. The Hall–Kier alpha value is -2.86. The fourth-order valence-electron chi connectivity index (χ4n) is 1.45. The minimum Gasteiger partial charge on any atom is -0.360 e. The summed E-state index contributed by atoms with van der Waals surface area (Å²) in [5, 5.41) is 12.1. The van der Waals surface area contributed by atoms with Crippen LogP contribution in [0.1, 0.15) is 0 Å². The van der Waals surface area contributed by atoms with Gasteiger partial charge in [0.25, 0.3) is 0 Å². The van der Waals surface area contributed by atoms with Crippen molar-refractivity contribution in [1.82, 2.24) is 0 Å². The Morgan fingerprint density at radius 2 is 1.63 bits per heavy atom. The number of hydrogen-bond acceptors (Lipinski definition) is 3. The van der Waals surface area contributed by atoms with Gasteiger partial charge in [0.1, 0.15) is 6.07 Å². The molecule has 19 heavy (non-hydrogen) atoms. The van der Waals surface area contributed by atoms with Crippen molar-refractivity contribution in [2.45, 2.75) is 0 Å². The summed E-state index contributed by atoms with van der Waals surface area (Å²) in [5.41, 5.74) is 2.22. The molecule has 0 fully saturated rings. The third kappa shape index (κ3) is 4.14. The Labute approximate surface area is 112 Å². The highest BCUT2D eigenvalue weighted by Crippen LogP contribution is 2.10. The predicted molar refractivity (Wildman–Crippen MR) is 78.4 cm³/mol. The van der Waals surface area contributed by atoms with Crippen LogP contribution in [-0.4, -0.2) is 6.21 Å². The Kier molecular flexibility index (Phi) is 4.49. The molecular weight excluding hydrogens is 234 g/mol. The Bertz CT molecular complexity index is 607. The first-order chi connectivity index (χ1) is 9.38. The molecule has 2 aromatic carbocycles. The van der Waals surface area contributed by atoms with Crippen LogP contribution in [0.2, 0.25) is 0 Å². The molecule has 0 heterocycles. The van der Waals surface area contributed by atoms with E-state index >= 15 is 0 Å². The lowest BCUT2D eigenvalue weighted by molar-refractivity contribution is 1.48. The molecule has 0 atom stereocenters. The first-order valence-corrected chi connectivity index (χ1v) is 5.89. The largest absolute Gasteiger partial charge is 0.360 e. The van der Waals surface area contributed by atoms with E-state index in [4.69, 9.17) is 5.26 Å². The van der Waals surface area contributed by atoms with Crippen LogP contribution in [0.25, 0.3) is 0 Å². The summed E-state index contributed by atoms with van der Waals surface area (Å²) in [7, 11) is 0. The molecule has 0 spiro atoms. The van der Waals surface area contributed by atoms with Crippen LogP contribution in [0.5, 0.6) is 0 Å². The molecule has 3 heteroatoms. The summed E-state index contributed by atoms with van der Waals surface area (Å²) < 4.78 is 0. The SMILES string of the molecule is N#CC(=C\Nc1ccccc1)/C=N/c1ccccc1. The molecular formula is C16H13N3. The Balaban J connectivity index is 2.05. The number of nitrogens with zero attached hydrogens (tertiary/aromatic N) is 2. The average Bonchev–Trinajstić information content (AvgIpc) is 2.49. The highest BCUT2D eigenvalue weighted by Gasteiger charge is 1.91. The van der Waals surface area contributed by atoms with E-state index in [1.165, 1.54) is 0 Å². The van der Waals surface area contributed by atoms with E-state index in [0.29, 0.717) is 5.57 Å². The number of anilines is 1. The quantitative estimate of drug-likeness (QED) is 0.657. The zero-order valence-corrected chi connectivity index (χ0v) is 10.3. The molecule has 0 amide bonds. The molecule has 0 unspecified atom stereocenters. The number of nitrogens with one attached hydrogen (secondary N) is 1. The van der Waals surface area contributed by atoms with E-state index < -0.39 is 0 Å². The number of benzene rings is 2. The molecule has 92 valence electrons. The molecule has 0 aliphatic carbocycles. The van der Waals surface area contributed by atoms with Gasteiger partial charge in [-0.25, -0.2) is 0 Å². The minimum absolute atomic E-state index is 0.465. The van der Waals surface area contributed by atoms with Gasteiger partial charge in [0.05, 0.1) is 11.3 Å². The topological polar surface area (TPSA) is 48.2 Å². The van der Waals surface area contributed by atoms with E-state index in [9.17, 15) is 0 Å². The molecule has 2 rings (SSSR count). The van der Waals surface area contributed by atoms with Gasteiger partial charge in [-0.2, -0.15) is 5.26 Å². The first kappa shape index (κ1) is 12.6. The van der Waals surface area contributed by atoms with Gasteiger partial charge in [0, 0.05) is 18.1 Å². The third-order valence-electron chi connectivity index (χ3n) is 2.41. The van der Waals surface area contributed by atoms with Crippen LogP contribution < -0.4 is 5.32 Å². The number of rotatable bonds is 4. The van der Waals surface area contributed by atoms with Crippen molar-refractivity contribution < 1.29 is 0 Å². The van der Waals surface area contributed by atoms with Crippen molar-refractivity contribution in [3.8, 4) is 6.07 Å². The van der Waals surface area contributed by atoms with E-state index in [1.54, 1.807) is 12.4 Å². The lowest BCUT2D eigenvalue weighted by Crippen LogP contribution is -1.91. The predicted octanol–water partition coefficient (Wildman–Crippen LogP) is 3.91. The molecule has 1 N–H and O–H groups in total. The van der Waals surface area contributed by atoms with Gasteiger partial charge < -0.3 is 5.32 Å². The summed E-state index contributed by atoms with van der Waals surface area (Å²) in [6.07, 6.45) is 3.19. The summed E-state index contributed by atoms with van der Waals surface area (Å²) in [6, 6.07) is 21.3. The Morgan fingerprint density at radius 3 is 2.26 bits per heavy atom.